The zero-order valence-corrected chi connectivity index (χ0v) is 10.8. The summed E-state index contributed by atoms with van der Waals surface area (Å²) in [4.78, 5) is 5.61. The van der Waals surface area contributed by atoms with Crippen LogP contribution in [0.3, 0.4) is 0 Å². The van der Waals surface area contributed by atoms with Crippen molar-refractivity contribution in [2.75, 3.05) is 29.5 Å². The summed E-state index contributed by atoms with van der Waals surface area (Å²) in [6.45, 7) is 0.599. The monoisotopic (exact) mass is 308 g/mol. The zero-order valence-electron chi connectivity index (χ0n) is 8.36. The van der Waals surface area contributed by atoms with Crippen molar-refractivity contribution in [1.29, 1.82) is 0 Å². The van der Waals surface area contributed by atoms with Crippen molar-refractivity contribution in [2.45, 2.75) is 0 Å². The SMILES string of the molecule is O=S1(=O)CCN(c2ncc(Br)cc2F)CC1. The van der Waals surface area contributed by atoms with Crippen LogP contribution < -0.4 is 4.90 Å². The number of rotatable bonds is 1. The molecule has 0 radical (unpaired) electrons. The number of hydrogen-bond acceptors (Lipinski definition) is 4. The minimum atomic E-state index is -2.95. The molecule has 0 amide bonds. The van der Waals surface area contributed by atoms with Crippen molar-refractivity contribution in [3.05, 3.63) is 22.6 Å². The Labute approximate surface area is 102 Å². The summed E-state index contributed by atoms with van der Waals surface area (Å²) in [6.07, 6.45) is 1.50. The second kappa shape index (κ2) is 4.29. The highest BCUT2D eigenvalue weighted by Crippen LogP contribution is 2.21. The van der Waals surface area contributed by atoms with Gasteiger partial charge >= 0.3 is 0 Å². The summed E-state index contributed by atoms with van der Waals surface area (Å²) in [5, 5.41) is 0. The summed E-state index contributed by atoms with van der Waals surface area (Å²) in [6, 6.07) is 1.32. The lowest BCUT2D eigenvalue weighted by Crippen LogP contribution is -2.41. The molecular formula is C9H10BrFN2O2S. The molecule has 2 heterocycles. The molecule has 1 aliphatic heterocycles. The third kappa shape index (κ3) is 2.52. The number of anilines is 1. The van der Waals surface area contributed by atoms with Gasteiger partial charge in [0.2, 0.25) is 0 Å². The highest BCUT2D eigenvalue weighted by Gasteiger charge is 2.24. The number of hydrogen-bond donors (Lipinski definition) is 0. The smallest absolute Gasteiger partial charge is 0.166 e. The fourth-order valence-corrected chi connectivity index (χ4v) is 3.07. The van der Waals surface area contributed by atoms with Crippen molar-refractivity contribution < 1.29 is 12.8 Å². The van der Waals surface area contributed by atoms with Crippen molar-refractivity contribution in [3.8, 4) is 0 Å². The van der Waals surface area contributed by atoms with E-state index in [2.05, 4.69) is 20.9 Å². The molecule has 0 atom stereocenters. The molecule has 0 saturated carbocycles. The molecule has 1 fully saturated rings. The fourth-order valence-electron chi connectivity index (χ4n) is 1.56. The van der Waals surface area contributed by atoms with Crippen LogP contribution in [0.25, 0.3) is 0 Å². The van der Waals surface area contributed by atoms with E-state index in [0.717, 1.165) is 0 Å². The first-order valence-electron chi connectivity index (χ1n) is 4.74. The van der Waals surface area contributed by atoms with Gasteiger partial charge < -0.3 is 4.90 Å². The first-order chi connectivity index (χ1) is 7.48. The maximum absolute atomic E-state index is 13.5. The fraction of sp³-hybridized carbons (Fsp3) is 0.444. The summed E-state index contributed by atoms with van der Waals surface area (Å²) in [7, 11) is -2.95. The predicted molar refractivity (Wildman–Crippen MR) is 62.8 cm³/mol. The summed E-state index contributed by atoms with van der Waals surface area (Å²) < 4.78 is 36.5. The maximum Gasteiger partial charge on any atom is 0.166 e. The van der Waals surface area contributed by atoms with Crippen LogP contribution in [0.15, 0.2) is 16.7 Å². The van der Waals surface area contributed by atoms with E-state index in [1.165, 1.54) is 12.3 Å². The Morgan fingerprint density at radius 1 is 1.38 bits per heavy atom. The van der Waals surface area contributed by atoms with Crippen LogP contribution in [-0.2, 0) is 9.84 Å². The minimum absolute atomic E-state index is 0.0597. The summed E-state index contributed by atoms with van der Waals surface area (Å²) >= 11 is 3.12. The molecule has 0 aliphatic carbocycles. The van der Waals surface area contributed by atoms with Crippen LogP contribution >= 0.6 is 15.9 Å². The predicted octanol–water partition coefficient (Wildman–Crippen LogP) is 1.22. The minimum Gasteiger partial charge on any atom is -0.352 e. The average Bonchev–Trinajstić information content (AvgIpc) is 2.19. The van der Waals surface area contributed by atoms with Gasteiger partial charge in [0.1, 0.15) is 0 Å². The molecule has 16 heavy (non-hydrogen) atoms. The van der Waals surface area contributed by atoms with Crippen LogP contribution in [0.2, 0.25) is 0 Å². The molecule has 1 saturated heterocycles. The Morgan fingerprint density at radius 3 is 2.56 bits per heavy atom. The highest BCUT2D eigenvalue weighted by molar-refractivity contribution is 9.10. The van der Waals surface area contributed by atoms with E-state index in [1.54, 1.807) is 4.90 Å². The van der Waals surface area contributed by atoms with Crippen LogP contribution in [-0.4, -0.2) is 38.0 Å². The molecular weight excluding hydrogens is 299 g/mol. The Hall–Kier alpha value is -0.690. The lowest BCUT2D eigenvalue weighted by molar-refractivity contribution is 0.579. The topological polar surface area (TPSA) is 50.3 Å². The largest absolute Gasteiger partial charge is 0.352 e. The molecule has 4 nitrogen and oxygen atoms in total. The average molecular weight is 309 g/mol. The van der Waals surface area contributed by atoms with Crippen LogP contribution in [0, 0.1) is 5.82 Å². The molecule has 7 heteroatoms. The molecule has 1 aliphatic rings. The molecule has 0 N–H and O–H groups in total. The lowest BCUT2D eigenvalue weighted by Gasteiger charge is -2.27. The number of sulfone groups is 1. The number of pyridine rings is 1. The quantitative estimate of drug-likeness (QED) is 0.783. The van der Waals surface area contributed by atoms with Crippen molar-refractivity contribution in [2.24, 2.45) is 0 Å². The number of nitrogens with zero attached hydrogens (tertiary/aromatic N) is 2. The molecule has 0 aromatic carbocycles. The van der Waals surface area contributed by atoms with E-state index in [-0.39, 0.29) is 17.3 Å². The highest BCUT2D eigenvalue weighted by atomic mass is 79.9. The van der Waals surface area contributed by atoms with E-state index in [0.29, 0.717) is 17.6 Å². The molecule has 1 aromatic heterocycles. The van der Waals surface area contributed by atoms with E-state index in [9.17, 15) is 12.8 Å². The van der Waals surface area contributed by atoms with Crippen molar-refractivity contribution >= 4 is 31.6 Å². The molecule has 1 aromatic rings. The van der Waals surface area contributed by atoms with Gasteiger partial charge in [0.15, 0.2) is 21.5 Å². The van der Waals surface area contributed by atoms with E-state index >= 15 is 0 Å². The normalized spacial score (nSPS) is 19.8. The first kappa shape index (κ1) is 11.8. The van der Waals surface area contributed by atoms with Crippen LogP contribution in [0.5, 0.6) is 0 Å². The Morgan fingerprint density at radius 2 is 2.00 bits per heavy atom. The van der Waals surface area contributed by atoms with Crippen molar-refractivity contribution in [1.82, 2.24) is 4.98 Å². The molecule has 0 bridgehead atoms. The third-order valence-corrected chi connectivity index (χ3v) is 4.48. The zero-order chi connectivity index (χ0) is 11.8. The van der Waals surface area contributed by atoms with Crippen LogP contribution in [0.4, 0.5) is 10.2 Å². The van der Waals surface area contributed by atoms with Gasteiger partial charge in [-0.15, -0.1) is 0 Å². The Balaban J connectivity index is 2.20. The summed E-state index contributed by atoms with van der Waals surface area (Å²) in [5.74, 6) is -0.0965. The van der Waals surface area contributed by atoms with Gasteiger partial charge in [0, 0.05) is 23.8 Å². The standard InChI is InChI=1S/C9H10BrFN2O2S/c10-7-5-8(11)9(12-6-7)13-1-3-16(14,15)4-2-13/h5-6H,1-4H2. The van der Waals surface area contributed by atoms with Gasteiger partial charge in [-0.25, -0.2) is 17.8 Å². The van der Waals surface area contributed by atoms with E-state index in [1.807, 2.05) is 0 Å². The van der Waals surface area contributed by atoms with Gasteiger partial charge in [0.05, 0.1) is 11.5 Å². The van der Waals surface area contributed by atoms with Gasteiger partial charge in [-0.05, 0) is 22.0 Å². The maximum atomic E-state index is 13.5. The van der Waals surface area contributed by atoms with Gasteiger partial charge in [-0.1, -0.05) is 0 Å². The van der Waals surface area contributed by atoms with Crippen molar-refractivity contribution in [3.63, 3.8) is 0 Å². The third-order valence-electron chi connectivity index (χ3n) is 2.43. The van der Waals surface area contributed by atoms with Gasteiger partial charge in [-0.2, -0.15) is 0 Å². The van der Waals surface area contributed by atoms with E-state index < -0.39 is 15.7 Å². The van der Waals surface area contributed by atoms with Gasteiger partial charge in [-0.3, -0.25) is 0 Å². The molecule has 0 unspecified atom stereocenters. The Bertz CT molecular complexity index is 492. The Kier molecular flexibility index (Phi) is 3.16. The second-order valence-corrected chi connectivity index (χ2v) is 6.82. The van der Waals surface area contributed by atoms with Crippen LogP contribution in [0.1, 0.15) is 0 Å². The summed E-state index contributed by atoms with van der Waals surface area (Å²) in [5.41, 5.74) is 0. The molecule has 88 valence electrons. The number of aromatic nitrogens is 1. The number of halogens is 2. The molecule has 0 spiro atoms. The van der Waals surface area contributed by atoms with E-state index in [4.69, 9.17) is 0 Å². The van der Waals surface area contributed by atoms with Gasteiger partial charge in [0.25, 0.3) is 0 Å². The second-order valence-electron chi connectivity index (χ2n) is 3.60. The lowest BCUT2D eigenvalue weighted by atomic mass is 10.4. The first-order valence-corrected chi connectivity index (χ1v) is 7.36. The molecule has 2 rings (SSSR count).